The van der Waals surface area contributed by atoms with Gasteiger partial charge in [0.05, 0.1) is 18.5 Å². The van der Waals surface area contributed by atoms with Crippen molar-refractivity contribution in [1.29, 1.82) is 0 Å². The summed E-state index contributed by atoms with van der Waals surface area (Å²) in [4.78, 5) is 36.8. The van der Waals surface area contributed by atoms with Gasteiger partial charge in [0.25, 0.3) is 0 Å². The average molecular weight is 532 g/mol. The Hall–Kier alpha value is -3.23. The van der Waals surface area contributed by atoms with Crippen molar-refractivity contribution in [2.75, 3.05) is 44.6 Å². The SMILES string of the molecule is Cc1cccc(CC(=O)N2CCCC2CNc2nc(CN3CCN(C(=O)Cc4ccccc4)CC3)cs2)c1. The Morgan fingerprint density at radius 1 is 0.947 bits per heavy atom. The Bertz CT molecular complexity index is 1220. The summed E-state index contributed by atoms with van der Waals surface area (Å²) in [6.45, 7) is 7.66. The number of aromatic nitrogens is 1. The number of rotatable bonds is 9. The number of nitrogens with one attached hydrogen (secondary N) is 1. The molecule has 200 valence electrons. The molecule has 8 heteroatoms. The summed E-state index contributed by atoms with van der Waals surface area (Å²) in [5, 5.41) is 6.52. The molecule has 2 aliphatic rings. The standard InChI is InChI=1S/C30H37N5O2S/c1-23-7-5-10-25(17-23)19-29(37)35-12-6-11-27(35)20-31-30-32-26(22-38-30)21-33-13-15-34(16-14-33)28(36)18-24-8-3-2-4-9-24/h2-5,7-10,17,22,27H,6,11-16,18-21H2,1H3,(H,31,32). The molecule has 2 fully saturated rings. The highest BCUT2D eigenvalue weighted by molar-refractivity contribution is 7.13. The lowest BCUT2D eigenvalue weighted by molar-refractivity contribution is -0.132. The maximum absolute atomic E-state index is 13.0. The third-order valence-electron chi connectivity index (χ3n) is 7.48. The molecule has 0 aliphatic carbocycles. The van der Waals surface area contributed by atoms with E-state index in [1.807, 2.05) is 52.3 Å². The van der Waals surface area contributed by atoms with E-state index in [1.54, 1.807) is 11.3 Å². The van der Waals surface area contributed by atoms with E-state index in [-0.39, 0.29) is 17.9 Å². The monoisotopic (exact) mass is 531 g/mol. The van der Waals surface area contributed by atoms with Gasteiger partial charge in [0, 0.05) is 57.2 Å². The van der Waals surface area contributed by atoms with Gasteiger partial charge in [-0.25, -0.2) is 4.98 Å². The van der Waals surface area contributed by atoms with Crippen LogP contribution in [0.1, 0.15) is 35.2 Å². The van der Waals surface area contributed by atoms with Crippen molar-refractivity contribution in [3.8, 4) is 0 Å². The molecule has 1 unspecified atom stereocenters. The fraction of sp³-hybridized carbons (Fsp3) is 0.433. The first-order valence-corrected chi connectivity index (χ1v) is 14.5. The highest BCUT2D eigenvalue weighted by Gasteiger charge is 2.28. The van der Waals surface area contributed by atoms with E-state index in [0.29, 0.717) is 12.8 Å². The first kappa shape index (κ1) is 26.4. The molecule has 3 aromatic rings. The number of aryl methyl sites for hydroxylation is 1. The summed E-state index contributed by atoms with van der Waals surface area (Å²) in [5.74, 6) is 0.412. The van der Waals surface area contributed by atoms with Crippen molar-refractivity contribution in [3.05, 3.63) is 82.4 Å². The molecule has 1 aromatic heterocycles. The Morgan fingerprint density at radius 2 is 1.71 bits per heavy atom. The third-order valence-corrected chi connectivity index (χ3v) is 8.33. The lowest BCUT2D eigenvalue weighted by Gasteiger charge is -2.34. The van der Waals surface area contributed by atoms with Crippen LogP contribution in [0.15, 0.2) is 60.0 Å². The predicted molar refractivity (Wildman–Crippen MR) is 152 cm³/mol. The van der Waals surface area contributed by atoms with Crippen LogP contribution in [-0.2, 0) is 29.0 Å². The molecule has 0 saturated carbocycles. The average Bonchev–Trinajstić information content (AvgIpc) is 3.58. The van der Waals surface area contributed by atoms with Gasteiger partial charge in [0.1, 0.15) is 0 Å². The number of hydrogen-bond donors (Lipinski definition) is 1. The zero-order chi connectivity index (χ0) is 26.3. The van der Waals surface area contributed by atoms with Gasteiger partial charge in [-0.2, -0.15) is 0 Å². The number of likely N-dealkylation sites (tertiary alicyclic amines) is 1. The van der Waals surface area contributed by atoms with E-state index in [1.165, 1.54) is 5.56 Å². The van der Waals surface area contributed by atoms with Crippen molar-refractivity contribution in [1.82, 2.24) is 19.7 Å². The Labute approximate surface area is 229 Å². The minimum absolute atomic E-state index is 0.203. The summed E-state index contributed by atoms with van der Waals surface area (Å²) in [6.07, 6.45) is 3.01. The second-order valence-corrected chi connectivity index (χ2v) is 11.3. The summed E-state index contributed by atoms with van der Waals surface area (Å²) < 4.78 is 0. The lowest BCUT2D eigenvalue weighted by atomic mass is 10.1. The molecule has 2 saturated heterocycles. The van der Waals surface area contributed by atoms with Gasteiger partial charge in [-0.1, -0.05) is 60.2 Å². The number of nitrogens with zero attached hydrogens (tertiary/aromatic N) is 4. The van der Waals surface area contributed by atoms with Gasteiger partial charge in [-0.05, 0) is 30.9 Å². The Balaban J connectivity index is 1.05. The first-order valence-electron chi connectivity index (χ1n) is 13.6. The topological polar surface area (TPSA) is 68.8 Å². The van der Waals surface area contributed by atoms with Gasteiger partial charge in [-0.15, -0.1) is 11.3 Å². The molecule has 0 radical (unpaired) electrons. The van der Waals surface area contributed by atoms with Crippen molar-refractivity contribution >= 4 is 28.3 Å². The molecule has 2 aliphatic heterocycles. The Kier molecular flexibility index (Phi) is 8.71. The minimum atomic E-state index is 0.203. The summed E-state index contributed by atoms with van der Waals surface area (Å²) in [6, 6.07) is 18.4. The highest BCUT2D eigenvalue weighted by atomic mass is 32.1. The molecular formula is C30H37N5O2S. The maximum atomic E-state index is 13.0. The number of hydrogen-bond acceptors (Lipinski definition) is 6. The Morgan fingerprint density at radius 3 is 2.50 bits per heavy atom. The number of carbonyl (C=O) groups excluding carboxylic acids is 2. The number of carbonyl (C=O) groups is 2. The largest absolute Gasteiger partial charge is 0.359 e. The number of thiazole rings is 1. The van der Waals surface area contributed by atoms with Crippen molar-refractivity contribution in [2.24, 2.45) is 0 Å². The quantitative estimate of drug-likeness (QED) is 0.452. The molecule has 2 amide bonds. The summed E-state index contributed by atoms with van der Waals surface area (Å²) in [5.41, 5.74) is 4.40. The zero-order valence-corrected chi connectivity index (χ0v) is 23.0. The number of anilines is 1. The highest BCUT2D eigenvalue weighted by Crippen LogP contribution is 2.22. The molecule has 0 bridgehead atoms. The van der Waals surface area contributed by atoms with E-state index in [2.05, 4.69) is 34.7 Å². The lowest BCUT2D eigenvalue weighted by Crippen LogP contribution is -2.48. The van der Waals surface area contributed by atoms with Gasteiger partial charge in [-0.3, -0.25) is 14.5 Å². The second-order valence-electron chi connectivity index (χ2n) is 10.4. The molecule has 7 nitrogen and oxygen atoms in total. The number of amides is 2. The molecule has 3 heterocycles. The van der Waals surface area contributed by atoms with Crippen LogP contribution < -0.4 is 5.32 Å². The molecule has 1 atom stereocenters. The van der Waals surface area contributed by atoms with E-state index in [4.69, 9.17) is 4.98 Å². The summed E-state index contributed by atoms with van der Waals surface area (Å²) >= 11 is 1.63. The van der Waals surface area contributed by atoms with Gasteiger partial charge in [0.15, 0.2) is 5.13 Å². The van der Waals surface area contributed by atoms with Crippen LogP contribution in [0.3, 0.4) is 0 Å². The van der Waals surface area contributed by atoms with E-state index >= 15 is 0 Å². The molecule has 5 rings (SSSR count). The van der Waals surface area contributed by atoms with Crippen LogP contribution in [0.25, 0.3) is 0 Å². The summed E-state index contributed by atoms with van der Waals surface area (Å²) in [7, 11) is 0. The normalized spacial score (nSPS) is 18.1. The first-order chi connectivity index (χ1) is 18.5. The fourth-order valence-corrected chi connectivity index (χ4v) is 6.12. The minimum Gasteiger partial charge on any atom is -0.359 e. The van der Waals surface area contributed by atoms with Crippen LogP contribution in [0.5, 0.6) is 0 Å². The van der Waals surface area contributed by atoms with E-state index in [9.17, 15) is 9.59 Å². The van der Waals surface area contributed by atoms with Gasteiger partial charge < -0.3 is 15.1 Å². The van der Waals surface area contributed by atoms with Crippen molar-refractivity contribution in [2.45, 2.75) is 45.2 Å². The van der Waals surface area contributed by atoms with Crippen LogP contribution in [-0.4, -0.2) is 76.8 Å². The van der Waals surface area contributed by atoms with Crippen LogP contribution in [0.4, 0.5) is 5.13 Å². The van der Waals surface area contributed by atoms with E-state index in [0.717, 1.165) is 80.6 Å². The van der Waals surface area contributed by atoms with Gasteiger partial charge >= 0.3 is 0 Å². The molecular weight excluding hydrogens is 494 g/mol. The van der Waals surface area contributed by atoms with Crippen molar-refractivity contribution in [3.63, 3.8) is 0 Å². The van der Waals surface area contributed by atoms with Crippen LogP contribution in [0, 0.1) is 6.92 Å². The van der Waals surface area contributed by atoms with Crippen molar-refractivity contribution < 1.29 is 9.59 Å². The fourth-order valence-electron chi connectivity index (χ4n) is 5.41. The van der Waals surface area contributed by atoms with E-state index < -0.39 is 0 Å². The number of piperazine rings is 1. The van der Waals surface area contributed by atoms with Crippen LogP contribution >= 0.6 is 11.3 Å². The molecule has 2 aromatic carbocycles. The molecule has 1 N–H and O–H groups in total. The third kappa shape index (κ3) is 6.99. The second kappa shape index (κ2) is 12.5. The van der Waals surface area contributed by atoms with Crippen LogP contribution in [0.2, 0.25) is 0 Å². The molecule has 0 spiro atoms. The van der Waals surface area contributed by atoms with Gasteiger partial charge in [0.2, 0.25) is 11.8 Å². The smallest absolute Gasteiger partial charge is 0.227 e. The molecule has 38 heavy (non-hydrogen) atoms. The maximum Gasteiger partial charge on any atom is 0.227 e. The predicted octanol–water partition coefficient (Wildman–Crippen LogP) is 3.98. The number of benzene rings is 2. The zero-order valence-electron chi connectivity index (χ0n) is 22.1.